The van der Waals surface area contributed by atoms with E-state index in [1.54, 1.807) is 6.20 Å². The molecule has 0 saturated carbocycles. The summed E-state index contributed by atoms with van der Waals surface area (Å²) in [4.78, 5) is 34.0. The summed E-state index contributed by atoms with van der Waals surface area (Å²) in [6, 6.07) is 17.8. The van der Waals surface area contributed by atoms with Gasteiger partial charge in [-0.2, -0.15) is 4.98 Å². The molecule has 1 unspecified atom stereocenters. The average Bonchev–Trinajstić information content (AvgIpc) is 3.13. The molecule has 0 saturated heterocycles. The first kappa shape index (κ1) is 20.6. The van der Waals surface area contributed by atoms with Crippen LogP contribution in [0.1, 0.15) is 18.4 Å². The van der Waals surface area contributed by atoms with Gasteiger partial charge in [0.25, 0.3) is 6.47 Å². The Labute approximate surface area is 172 Å². The van der Waals surface area contributed by atoms with Crippen molar-refractivity contribution in [3.8, 4) is 0 Å². The van der Waals surface area contributed by atoms with Crippen LogP contribution < -0.4 is 16.3 Å². The van der Waals surface area contributed by atoms with Crippen LogP contribution in [0.3, 0.4) is 0 Å². The molecule has 4 rings (SSSR count). The molecule has 30 heavy (non-hydrogen) atoms. The lowest BCUT2D eigenvalue weighted by molar-refractivity contribution is -0.122. The van der Waals surface area contributed by atoms with Crippen molar-refractivity contribution in [3.05, 3.63) is 76.8 Å². The number of nitrogens with zero attached hydrogens (tertiary/aromatic N) is 2. The van der Waals surface area contributed by atoms with E-state index in [0.717, 1.165) is 29.1 Å². The van der Waals surface area contributed by atoms with E-state index >= 15 is 0 Å². The van der Waals surface area contributed by atoms with E-state index in [1.807, 2.05) is 42.5 Å². The van der Waals surface area contributed by atoms with Crippen LogP contribution >= 0.6 is 0 Å². The first-order valence-electron chi connectivity index (χ1n) is 9.28. The quantitative estimate of drug-likeness (QED) is 0.310. The fourth-order valence-corrected chi connectivity index (χ4v) is 2.91. The van der Waals surface area contributed by atoms with E-state index in [9.17, 15) is 4.79 Å². The highest BCUT2D eigenvalue weighted by molar-refractivity contribution is 5.79. The topological polar surface area (TPSA) is 136 Å². The average molecular weight is 406 g/mol. The molecule has 9 heteroatoms. The van der Waals surface area contributed by atoms with Crippen molar-refractivity contribution in [2.45, 2.75) is 12.8 Å². The molecule has 0 aliphatic rings. The van der Waals surface area contributed by atoms with Crippen LogP contribution in [0.25, 0.3) is 11.0 Å². The Morgan fingerprint density at radius 1 is 1.10 bits per heavy atom. The smallest absolute Gasteiger partial charge is 0.323 e. The molecule has 0 amide bonds. The van der Waals surface area contributed by atoms with E-state index in [4.69, 9.17) is 9.90 Å². The van der Waals surface area contributed by atoms with E-state index in [1.165, 1.54) is 5.56 Å². The van der Waals surface area contributed by atoms with Gasteiger partial charge in [0.15, 0.2) is 0 Å². The van der Waals surface area contributed by atoms with Crippen LogP contribution in [0.5, 0.6) is 0 Å². The number of imidazole rings is 1. The summed E-state index contributed by atoms with van der Waals surface area (Å²) < 4.78 is 0. The summed E-state index contributed by atoms with van der Waals surface area (Å²) in [5.41, 5.74) is 3.35. The Hall–Kier alpha value is -4.14. The Bertz CT molecular complexity index is 1160. The first-order valence-corrected chi connectivity index (χ1v) is 9.28. The van der Waals surface area contributed by atoms with Crippen molar-refractivity contribution in [2.75, 3.05) is 17.2 Å². The second kappa shape index (κ2) is 9.87. The minimum Gasteiger partial charge on any atom is -0.483 e. The largest absolute Gasteiger partial charge is 0.483 e. The summed E-state index contributed by atoms with van der Waals surface area (Å²) in [5, 5.41) is 13.4. The van der Waals surface area contributed by atoms with E-state index in [-0.39, 0.29) is 12.2 Å². The minimum atomic E-state index is -0.250. The summed E-state index contributed by atoms with van der Waals surface area (Å²) in [6.07, 6.45) is 1.71. The van der Waals surface area contributed by atoms with Gasteiger partial charge in [-0.1, -0.05) is 37.3 Å². The van der Waals surface area contributed by atoms with E-state index < -0.39 is 0 Å². The normalized spacial score (nSPS) is 11.2. The van der Waals surface area contributed by atoms with Crippen molar-refractivity contribution < 1.29 is 9.90 Å². The lowest BCUT2D eigenvalue weighted by atomic mass is 10.0. The number of nitrogens with one attached hydrogen (secondary N) is 4. The van der Waals surface area contributed by atoms with Crippen molar-refractivity contribution in [2.24, 2.45) is 0 Å². The molecule has 0 aliphatic heterocycles. The first-order chi connectivity index (χ1) is 14.6. The standard InChI is InChI=1S/C20H20N6O.CH2O2/c1-13(14-5-3-2-4-6-14)12-22-18-9-10-21-19(26-18)23-15-7-8-16-17(11-15)25-20(27)24-16;2-1-3/h2-11,13H,12H2,1H3,(H2,24,25,27)(H2,21,22,23,26);1H,(H,2,3). The van der Waals surface area contributed by atoms with Crippen LogP contribution in [0.15, 0.2) is 65.6 Å². The monoisotopic (exact) mass is 406 g/mol. The van der Waals surface area contributed by atoms with Gasteiger partial charge in [-0.05, 0) is 35.7 Å². The molecule has 2 heterocycles. The Morgan fingerprint density at radius 2 is 1.83 bits per heavy atom. The van der Waals surface area contributed by atoms with E-state index in [0.29, 0.717) is 11.9 Å². The lowest BCUT2D eigenvalue weighted by Gasteiger charge is -2.14. The molecule has 2 aromatic heterocycles. The molecule has 0 bridgehead atoms. The number of benzene rings is 2. The molecule has 0 aliphatic carbocycles. The van der Waals surface area contributed by atoms with Gasteiger partial charge < -0.3 is 25.7 Å². The zero-order valence-corrected chi connectivity index (χ0v) is 16.3. The number of H-pyrrole nitrogens is 2. The van der Waals surface area contributed by atoms with Crippen molar-refractivity contribution in [1.29, 1.82) is 0 Å². The van der Waals surface area contributed by atoms with Crippen LogP contribution in [-0.2, 0) is 4.79 Å². The third-order valence-corrected chi connectivity index (χ3v) is 4.39. The highest BCUT2D eigenvalue weighted by Gasteiger charge is 2.06. The summed E-state index contributed by atoms with van der Waals surface area (Å²) in [7, 11) is 0. The maximum Gasteiger partial charge on any atom is 0.323 e. The van der Waals surface area contributed by atoms with Gasteiger partial charge in [0.1, 0.15) is 5.82 Å². The number of hydrogen-bond donors (Lipinski definition) is 5. The Morgan fingerprint density at radius 3 is 2.60 bits per heavy atom. The highest BCUT2D eigenvalue weighted by Crippen LogP contribution is 2.19. The van der Waals surface area contributed by atoms with Crippen molar-refractivity contribution in [3.63, 3.8) is 0 Å². The number of aromatic nitrogens is 4. The predicted octanol–water partition coefficient (Wildman–Crippen LogP) is 3.31. The maximum atomic E-state index is 11.4. The second-order valence-electron chi connectivity index (χ2n) is 6.53. The molecular weight excluding hydrogens is 384 g/mol. The zero-order valence-electron chi connectivity index (χ0n) is 16.3. The molecular formula is C21H22N6O3. The fraction of sp³-hybridized carbons (Fsp3) is 0.143. The van der Waals surface area contributed by atoms with Gasteiger partial charge in [0, 0.05) is 18.4 Å². The molecule has 0 radical (unpaired) electrons. The minimum absolute atomic E-state index is 0.225. The van der Waals surface area contributed by atoms with Crippen LogP contribution in [0, 0.1) is 0 Å². The maximum absolute atomic E-state index is 11.4. The number of fused-ring (bicyclic) bond motifs is 1. The molecule has 5 N–H and O–H groups in total. The van der Waals surface area contributed by atoms with E-state index in [2.05, 4.69) is 49.6 Å². The number of hydrogen-bond acceptors (Lipinski definition) is 6. The van der Waals surface area contributed by atoms with Crippen LogP contribution in [0.2, 0.25) is 0 Å². The number of carbonyl (C=O) groups is 1. The predicted molar refractivity (Wildman–Crippen MR) is 116 cm³/mol. The van der Waals surface area contributed by atoms with Crippen LogP contribution in [-0.4, -0.2) is 38.1 Å². The van der Waals surface area contributed by atoms with Gasteiger partial charge in [0.05, 0.1) is 11.0 Å². The van der Waals surface area contributed by atoms with Gasteiger partial charge in [0.2, 0.25) is 5.95 Å². The van der Waals surface area contributed by atoms with Gasteiger partial charge in [-0.15, -0.1) is 0 Å². The molecule has 9 nitrogen and oxygen atoms in total. The van der Waals surface area contributed by atoms with Crippen molar-refractivity contribution in [1.82, 2.24) is 19.9 Å². The van der Waals surface area contributed by atoms with Gasteiger partial charge >= 0.3 is 5.69 Å². The fourth-order valence-electron chi connectivity index (χ4n) is 2.91. The third kappa shape index (κ3) is 5.44. The molecule has 4 aromatic rings. The number of rotatable bonds is 6. The Balaban J connectivity index is 0.000000806. The summed E-state index contributed by atoms with van der Waals surface area (Å²) in [5.74, 6) is 1.61. The highest BCUT2D eigenvalue weighted by atomic mass is 16.3. The summed E-state index contributed by atoms with van der Waals surface area (Å²) >= 11 is 0. The SMILES string of the molecule is CC(CNc1ccnc(Nc2ccc3[nH]c(=O)[nH]c3c2)n1)c1ccccc1.O=CO. The Kier molecular flexibility index (Phi) is 6.78. The molecule has 0 spiro atoms. The number of aromatic amines is 2. The lowest BCUT2D eigenvalue weighted by Crippen LogP contribution is -2.11. The second-order valence-corrected chi connectivity index (χ2v) is 6.53. The number of anilines is 3. The molecule has 0 fully saturated rings. The summed E-state index contributed by atoms with van der Waals surface area (Å²) in [6.45, 7) is 2.70. The molecule has 2 aromatic carbocycles. The zero-order chi connectivity index (χ0) is 21.3. The van der Waals surface area contributed by atoms with Crippen molar-refractivity contribution >= 4 is 35.0 Å². The van der Waals surface area contributed by atoms with Gasteiger partial charge in [-0.25, -0.2) is 9.78 Å². The third-order valence-electron chi connectivity index (χ3n) is 4.39. The van der Waals surface area contributed by atoms with Crippen LogP contribution in [0.4, 0.5) is 17.5 Å². The van der Waals surface area contributed by atoms with Gasteiger partial charge in [-0.3, -0.25) is 4.79 Å². The number of carboxylic acid groups (broad SMARTS) is 1. The molecule has 1 atom stereocenters. The molecule has 154 valence electrons.